The van der Waals surface area contributed by atoms with E-state index in [1.165, 1.54) is 37.1 Å². The number of nitrogens with zero attached hydrogens (tertiary/aromatic N) is 2. The highest BCUT2D eigenvalue weighted by Crippen LogP contribution is 2.37. The number of thiocarbonyl (C=S) groups is 1. The van der Waals surface area contributed by atoms with E-state index >= 15 is 0 Å². The Balaban J connectivity index is 2.37. The number of hydrogen-bond donors (Lipinski definition) is 0. The highest BCUT2D eigenvalue weighted by molar-refractivity contribution is 9.10. The number of benzene rings is 1. The molecule has 1 aromatic carbocycles. The van der Waals surface area contributed by atoms with Gasteiger partial charge in [0.15, 0.2) is 23.2 Å². The molecule has 28 heavy (non-hydrogen) atoms. The van der Waals surface area contributed by atoms with Gasteiger partial charge in [0, 0.05) is 14.1 Å². The summed E-state index contributed by atoms with van der Waals surface area (Å²) < 4.78 is 16.1. The maximum absolute atomic E-state index is 12.4. The van der Waals surface area contributed by atoms with Crippen molar-refractivity contribution < 1.29 is 28.6 Å². The maximum atomic E-state index is 12.4. The fraction of sp³-hybridized carbons (Fsp3) is 0.333. The van der Waals surface area contributed by atoms with Crippen LogP contribution in [-0.2, 0) is 19.1 Å². The van der Waals surface area contributed by atoms with Gasteiger partial charge in [-0.05, 0) is 58.8 Å². The average Bonchev–Trinajstić information content (AvgIpc) is 2.67. The standard InChI is InChI=1S/C18H19BrN2O6S/c1-5-26-14(22)9-27-15-12(19)7-10(8-13(15)25-4)6-11-16(23)20(2)18(28)21(3)17(11)24/h6-8H,5,9H2,1-4H3. The summed E-state index contributed by atoms with van der Waals surface area (Å²) in [6.45, 7) is 1.67. The van der Waals surface area contributed by atoms with Crippen LogP contribution in [0.4, 0.5) is 0 Å². The number of halogens is 1. The predicted octanol–water partition coefficient (Wildman–Crippen LogP) is 2.00. The minimum atomic E-state index is -0.511. The molecule has 1 aliphatic rings. The summed E-state index contributed by atoms with van der Waals surface area (Å²) in [5, 5.41) is 0.133. The van der Waals surface area contributed by atoms with Gasteiger partial charge in [0.2, 0.25) is 0 Å². The Morgan fingerprint density at radius 1 is 1.21 bits per heavy atom. The van der Waals surface area contributed by atoms with Crippen LogP contribution in [0.25, 0.3) is 6.08 Å². The molecule has 8 nitrogen and oxygen atoms in total. The Morgan fingerprint density at radius 2 is 1.82 bits per heavy atom. The molecule has 1 heterocycles. The smallest absolute Gasteiger partial charge is 0.344 e. The summed E-state index contributed by atoms with van der Waals surface area (Å²) >= 11 is 8.43. The second kappa shape index (κ2) is 9.16. The van der Waals surface area contributed by atoms with Crippen molar-refractivity contribution in [2.24, 2.45) is 0 Å². The van der Waals surface area contributed by atoms with Crippen LogP contribution in [0.15, 0.2) is 22.2 Å². The molecule has 1 aromatic rings. The summed E-state index contributed by atoms with van der Waals surface area (Å²) in [5.74, 6) is -0.882. The number of carbonyl (C=O) groups is 3. The Morgan fingerprint density at radius 3 is 2.36 bits per heavy atom. The Kier molecular flexibility index (Phi) is 7.14. The van der Waals surface area contributed by atoms with E-state index in [-0.39, 0.29) is 23.9 Å². The lowest BCUT2D eigenvalue weighted by Crippen LogP contribution is -2.52. The Bertz CT molecular complexity index is 844. The number of likely N-dealkylation sites (N-methyl/N-ethyl adjacent to an activating group) is 2. The van der Waals surface area contributed by atoms with Crippen molar-refractivity contribution >= 4 is 57.1 Å². The van der Waals surface area contributed by atoms with Crippen molar-refractivity contribution in [1.82, 2.24) is 9.80 Å². The van der Waals surface area contributed by atoms with Crippen molar-refractivity contribution in [1.29, 1.82) is 0 Å². The number of hydrogen-bond acceptors (Lipinski definition) is 7. The zero-order valence-electron chi connectivity index (χ0n) is 15.8. The van der Waals surface area contributed by atoms with Crippen LogP contribution in [-0.4, -0.2) is 67.1 Å². The summed E-state index contributed by atoms with van der Waals surface area (Å²) in [6, 6.07) is 3.23. The van der Waals surface area contributed by atoms with E-state index < -0.39 is 17.8 Å². The molecule has 0 saturated carbocycles. The molecule has 0 N–H and O–H groups in total. The first-order chi connectivity index (χ1) is 13.2. The van der Waals surface area contributed by atoms with Gasteiger partial charge in [-0.2, -0.15) is 0 Å². The monoisotopic (exact) mass is 470 g/mol. The van der Waals surface area contributed by atoms with Gasteiger partial charge in [-0.15, -0.1) is 0 Å². The van der Waals surface area contributed by atoms with Gasteiger partial charge in [-0.3, -0.25) is 19.4 Å². The maximum Gasteiger partial charge on any atom is 0.344 e. The van der Waals surface area contributed by atoms with E-state index in [1.54, 1.807) is 19.1 Å². The van der Waals surface area contributed by atoms with Gasteiger partial charge >= 0.3 is 5.97 Å². The minimum Gasteiger partial charge on any atom is -0.493 e. The fourth-order valence-corrected chi connectivity index (χ4v) is 3.18. The summed E-state index contributed by atoms with van der Waals surface area (Å²) in [4.78, 5) is 38.9. The highest BCUT2D eigenvalue weighted by atomic mass is 79.9. The van der Waals surface area contributed by atoms with E-state index in [9.17, 15) is 14.4 Å². The number of methoxy groups -OCH3 is 1. The Hall–Kier alpha value is -2.46. The molecule has 1 aliphatic heterocycles. The molecule has 0 spiro atoms. The normalized spacial score (nSPS) is 14.3. The second-order valence-electron chi connectivity index (χ2n) is 5.70. The number of ether oxygens (including phenoxy) is 3. The van der Waals surface area contributed by atoms with Crippen LogP contribution in [0.5, 0.6) is 11.5 Å². The molecule has 150 valence electrons. The SMILES string of the molecule is CCOC(=O)COc1c(Br)cc(C=C2C(=O)N(C)C(=S)N(C)C2=O)cc1OC. The van der Waals surface area contributed by atoms with Crippen molar-refractivity contribution in [3.63, 3.8) is 0 Å². The third-order valence-electron chi connectivity index (χ3n) is 3.85. The number of amides is 2. The van der Waals surface area contributed by atoms with Crippen molar-refractivity contribution in [3.8, 4) is 11.5 Å². The number of carbonyl (C=O) groups excluding carboxylic acids is 3. The molecule has 2 amide bonds. The second-order valence-corrected chi connectivity index (χ2v) is 6.92. The zero-order chi connectivity index (χ0) is 21.0. The van der Waals surface area contributed by atoms with E-state index in [0.29, 0.717) is 21.5 Å². The van der Waals surface area contributed by atoms with Crippen molar-refractivity contribution in [3.05, 3.63) is 27.7 Å². The van der Waals surface area contributed by atoms with E-state index in [1.807, 2.05) is 0 Å². The molecule has 2 rings (SSSR count). The van der Waals surface area contributed by atoms with Gasteiger partial charge < -0.3 is 14.2 Å². The van der Waals surface area contributed by atoms with Gasteiger partial charge in [-0.1, -0.05) is 0 Å². The molecule has 1 saturated heterocycles. The fourth-order valence-electron chi connectivity index (χ4n) is 2.44. The van der Waals surface area contributed by atoms with E-state index in [2.05, 4.69) is 15.9 Å². The average molecular weight is 471 g/mol. The third-order valence-corrected chi connectivity index (χ3v) is 4.98. The zero-order valence-corrected chi connectivity index (χ0v) is 18.2. The number of rotatable bonds is 6. The lowest BCUT2D eigenvalue weighted by atomic mass is 10.1. The summed E-state index contributed by atoms with van der Waals surface area (Å²) in [7, 11) is 4.45. The van der Waals surface area contributed by atoms with Crippen molar-refractivity contribution in [2.45, 2.75) is 6.92 Å². The molecule has 10 heteroatoms. The minimum absolute atomic E-state index is 0.0345. The van der Waals surface area contributed by atoms with Gasteiger partial charge in [0.05, 0.1) is 18.2 Å². The number of esters is 1. The van der Waals surface area contributed by atoms with E-state index in [4.69, 9.17) is 26.4 Å². The topological polar surface area (TPSA) is 85.4 Å². The largest absolute Gasteiger partial charge is 0.493 e. The molecule has 0 radical (unpaired) electrons. The Labute approximate surface area is 176 Å². The van der Waals surface area contributed by atoms with Gasteiger partial charge in [0.1, 0.15) is 5.57 Å². The first kappa shape index (κ1) is 21.8. The molecule has 0 unspecified atom stereocenters. The first-order valence-electron chi connectivity index (χ1n) is 8.19. The summed E-state index contributed by atoms with van der Waals surface area (Å²) in [6.07, 6.45) is 1.45. The van der Waals surface area contributed by atoms with Crippen LogP contribution in [0.2, 0.25) is 0 Å². The molecule has 0 aromatic heterocycles. The van der Waals surface area contributed by atoms with Crippen LogP contribution in [0, 0.1) is 0 Å². The molecule has 0 atom stereocenters. The molecule has 0 bridgehead atoms. The van der Waals surface area contributed by atoms with Crippen LogP contribution in [0.3, 0.4) is 0 Å². The highest BCUT2D eigenvalue weighted by Gasteiger charge is 2.35. The van der Waals surface area contributed by atoms with E-state index in [0.717, 1.165) is 0 Å². The predicted molar refractivity (Wildman–Crippen MR) is 109 cm³/mol. The lowest BCUT2D eigenvalue weighted by Gasteiger charge is -2.31. The van der Waals surface area contributed by atoms with Crippen LogP contribution in [0.1, 0.15) is 12.5 Å². The van der Waals surface area contributed by atoms with Crippen LogP contribution >= 0.6 is 28.1 Å². The van der Waals surface area contributed by atoms with Crippen LogP contribution < -0.4 is 9.47 Å². The molecule has 1 fully saturated rings. The molecular weight excluding hydrogens is 452 g/mol. The van der Waals surface area contributed by atoms with Crippen molar-refractivity contribution in [2.75, 3.05) is 34.4 Å². The molecule has 0 aliphatic carbocycles. The van der Waals surface area contributed by atoms with Gasteiger partial charge in [-0.25, -0.2) is 4.79 Å². The van der Waals surface area contributed by atoms with Gasteiger partial charge in [0.25, 0.3) is 11.8 Å². The first-order valence-corrected chi connectivity index (χ1v) is 9.39. The third kappa shape index (κ3) is 4.50. The molecular formula is C18H19BrN2O6S. The quantitative estimate of drug-likeness (QED) is 0.272. The summed E-state index contributed by atoms with van der Waals surface area (Å²) in [5.41, 5.74) is 0.492. The lowest BCUT2D eigenvalue weighted by molar-refractivity contribution is -0.145.